The van der Waals surface area contributed by atoms with Gasteiger partial charge in [-0.2, -0.15) is 4.39 Å². The number of rotatable bonds is 3. The SMILES string of the molecule is CCOC(=O)C1(F)OC1(C)c1ccccc1. The molecule has 1 aromatic carbocycles. The van der Waals surface area contributed by atoms with Crippen LogP contribution in [0.3, 0.4) is 0 Å². The normalized spacial score (nSPS) is 32.2. The maximum atomic E-state index is 14.1. The minimum absolute atomic E-state index is 0.138. The van der Waals surface area contributed by atoms with Crippen LogP contribution in [0.1, 0.15) is 19.4 Å². The molecule has 2 atom stereocenters. The summed E-state index contributed by atoms with van der Waals surface area (Å²) in [4.78, 5) is 11.4. The molecule has 1 aromatic rings. The Balaban J connectivity index is 2.23. The minimum Gasteiger partial charge on any atom is -0.462 e. The second-order valence-electron chi connectivity index (χ2n) is 3.82. The van der Waals surface area contributed by atoms with Crippen molar-refractivity contribution in [2.45, 2.75) is 25.3 Å². The Bertz CT molecular complexity index is 406. The van der Waals surface area contributed by atoms with E-state index in [2.05, 4.69) is 4.74 Å². The van der Waals surface area contributed by atoms with E-state index in [0.717, 1.165) is 0 Å². The maximum Gasteiger partial charge on any atom is 0.375 e. The van der Waals surface area contributed by atoms with Gasteiger partial charge in [0.25, 0.3) is 0 Å². The van der Waals surface area contributed by atoms with E-state index in [1.165, 1.54) is 0 Å². The first-order valence-electron chi connectivity index (χ1n) is 5.16. The van der Waals surface area contributed by atoms with E-state index in [1.54, 1.807) is 38.1 Å². The number of alkyl halides is 1. The van der Waals surface area contributed by atoms with Crippen LogP contribution in [0.4, 0.5) is 4.39 Å². The summed E-state index contributed by atoms with van der Waals surface area (Å²) < 4.78 is 23.7. The zero-order valence-corrected chi connectivity index (χ0v) is 9.20. The Morgan fingerprint density at radius 2 is 2.06 bits per heavy atom. The standard InChI is InChI=1S/C12H13FO3/c1-3-15-10(14)12(13)11(2,16-12)9-7-5-4-6-8-9/h4-8H,3H2,1-2H3. The summed E-state index contributed by atoms with van der Waals surface area (Å²) in [5, 5.41) is 0. The van der Waals surface area contributed by atoms with Crippen LogP contribution in [0, 0.1) is 0 Å². The van der Waals surface area contributed by atoms with Crippen molar-refractivity contribution in [2.75, 3.05) is 6.61 Å². The van der Waals surface area contributed by atoms with E-state index >= 15 is 0 Å². The molecule has 1 saturated heterocycles. The average molecular weight is 224 g/mol. The van der Waals surface area contributed by atoms with Crippen molar-refractivity contribution in [1.29, 1.82) is 0 Å². The fourth-order valence-electron chi connectivity index (χ4n) is 1.72. The number of hydrogen-bond acceptors (Lipinski definition) is 3. The summed E-state index contributed by atoms with van der Waals surface area (Å²) >= 11 is 0. The van der Waals surface area contributed by atoms with Crippen molar-refractivity contribution >= 4 is 5.97 Å². The van der Waals surface area contributed by atoms with Gasteiger partial charge in [-0.15, -0.1) is 0 Å². The van der Waals surface area contributed by atoms with Crippen LogP contribution in [0.25, 0.3) is 0 Å². The minimum atomic E-state index is -2.34. The number of carbonyl (C=O) groups excluding carboxylic acids is 1. The molecule has 1 fully saturated rings. The highest BCUT2D eigenvalue weighted by Crippen LogP contribution is 2.57. The van der Waals surface area contributed by atoms with Gasteiger partial charge in [-0.1, -0.05) is 30.3 Å². The largest absolute Gasteiger partial charge is 0.462 e. The Morgan fingerprint density at radius 1 is 1.44 bits per heavy atom. The van der Waals surface area contributed by atoms with E-state index in [4.69, 9.17) is 4.74 Å². The lowest BCUT2D eigenvalue weighted by Gasteiger charge is -2.08. The van der Waals surface area contributed by atoms with Crippen molar-refractivity contribution in [3.63, 3.8) is 0 Å². The van der Waals surface area contributed by atoms with Crippen molar-refractivity contribution < 1.29 is 18.7 Å². The molecule has 0 aliphatic carbocycles. The van der Waals surface area contributed by atoms with Gasteiger partial charge in [-0.3, -0.25) is 0 Å². The molecule has 3 nitrogen and oxygen atoms in total. The second-order valence-corrected chi connectivity index (χ2v) is 3.82. The lowest BCUT2D eigenvalue weighted by atomic mass is 9.96. The highest BCUT2D eigenvalue weighted by molar-refractivity contribution is 5.83. The summed E-state index contributed by atoms with van der Waals surface area (Å²) in [5.41, 5.74) is -0.592. The molecule has 1 aliphatic heterocycles. The molecule has 1 aliphatic rings. The summed E-state index contributed by atoms with van der Waals surface area (Å²) in [6.07, 6.45) is 0. The third kappa shape index (κ3) is 1.41. The van der Waals surface area contributed by atoms with Gasteiger partial charge in [0.2, 0.25) is 0 Å². The van der Waals surface area contributed by atoms with E-state index in [9.17, 15) is 9.18 Å². The van der Waals surface area contributed by atoms with Gasteiger partial charge in [0.1, 0.15) is 0 Å². The number of ether oxygens (including phenoxy) is 2. The number of halogens is 1. The summed E-state index contributed by atoms with van der Waals surface area (Å²) in [5.74, 6) is -3.30. The van der Waals surface area contributed by atoms with Gasteiger partial charge >= 0.3 is 11.8 Å². The molecule has 0 N–H and O–H groups in total. The van der Waals surface area contributed by atoms with Gasteiger partial charge in [-0.25, -0.2) is 4.79 Å². The third-order valence-corrected chi connectivity index (χ3v) is 2.78. The van der Waals surface area contributed by atoms with Crippen LogP contribution in [-0.4, -0.2) is 18.4 Å². The molecule has 4 heteroatoms. The van der Waals surface area contributed by atoms with Crippen molar-refractivity contribution in [3.05, 3.63) is 35.9 Å². The lowest BCUT2D eigenvalue weighted by Crippen LogP contribution is -2.28. The van der Waals surface area contributed by atoms with Gasteiger partial charge in [0.05, 0.1) is 6.61 Å². The fraction of sp³-hybridized carbons (Fsp3) is 0.417. The Labute approximate surface area is 93.2 Å². The summed E-state index contributed by atoms with van der Waals surface area (Å²) in [6.45, 7) is 3.31. The van der Waals surface area contributed by atoms with Crippen LogP contribution < -0.4 is 0 Å². The molecule has 2 unspecified atom stereocenters. The van der Waals surface area contributed by atoms with E-state index < -0.39 is 17.4 Å². The fourth-order valence-corrected chi connectivity index (χ4v) is 1.72. The molecule has 0 saturated carbocycles. The molecule has 2 rings (SSSR count). The van der Waals surface area contributed by atoms with E-state index in [-0.39, 0.29) is 6.61 Å². The van der Waals surface area contributed by atoms with Crippen LogP contribution in [0.2, 0.25) is 0 Å². The van der Waals surface area contributed by atoms with E-state index in [0.29, 0.717) is 5.56 Å². The second kappa shape index (κ2) is 3.56. The first kappa shape index (κ1) is 11.1. The monoisotopic (exact) mass is 224 g/mol. The Kier molecular flexibility index (Phi) is 2.46. The van der Waals surface area contributed by atoms with Crippen molar-refractivity contribution in [3.8, 4) is 0 Å². The number of epoxide rings is 1. The van der Waals surface area contributed by atoms with E-state index in [1.807, 2.05) is 6.07 Å². The molecule has 0 aromatic heterocycles. The molecule has 0 spiro atoms. The van der Waals surface area contributed by atoms with Crippen molar-refractivity contribution in [2.24, 2.45) is 0 Å². The number of benzene rings is 1. The lowest BCUT2D eigenvalue weighted by molar-refractivity contribution is -0.156. The average Bonchev–Trinajstić information content (AvgIpc) is 2.87. The van der Waals surface area contributed by atoms with Crippen LogP contribution in [-0.2, 0) is 19.9 Å². The van der Waals surface area contributed by atoms with Crippen molar-refractivity contribution in [1.82, 2.24) is 0 Å². The molecule has 0 bridgehead atoms. The predicted molar refractivity (Wildman–Crippen MR) is 55.4 cm³/mol. The predicted octanol–water partition coefficient (Wildman–Crippen LogP) is 2.16. The van der Waals surface area contributed by atoms with Gasteiger partial charge in [-0.05, 0) is 19.4 Å². The molecule has 0 radical (unpaired) electrons. The topological polar surface area (TPSA) is 38.8 Å². The number of carbonyl (C=O) groups is 1. The molecular weight excluding hydrogens is 211 g/mol. The van der Waals surface area contributed by atoms with Gasteiger partial charge < -0.3 is 9.47 Å². The van der Waals surface area contributed by atoms with Gasteiger partial charge in [0, 0.05) is 0 Å². The zero-order valence-electron chi connectivity index (χ0n) is 9.20. The van der Waals surface area contributed by atoms with Crippen LogP contribution in [0.15, 0.2) is 30.3 Å². The summed E-state index contributed by atoms with van der Waals surface area (Å²) in [6, 6.07) is 8.81. The first-order valence-corrected chi connectivity index (χ1v) is 5.16. The maximum absolute atomic E-state index is 14.1. The number of esters is 1. The Hall–Kier alpha value is -1.42. The van der Waals surface area contributed by atoms with Gasteiger partial charge in [0.15, 0.2) is 5.60 Å². The molecule has 0 amide bonds. The number of hydrogen-bond donors (Lipinski definition) is 0. The smallest absolute Gasteiger partial charge is 0.375 e. The molecule has 86 valence electrons. The zero-order chi connectivity index (χ0) is 11.8. The molecule has 16 heavy (non-hydrogen) atoms. The highest BCUT2D eigenvalue weighted by Gasteiger charge is 2.76. The molecular formula is C12H13FO3. The van der Waals surface area contributed by atoms with Crippen LogP contribution >= 0.6 is 0 Å². The quantitative estimate of drug-likeness (QED) is 0.583. The molecule has 1 heterocycles. The van der Waals surface area contributed by atoms with Crippen LogP contribution in [0.5, 0.6) is 0 Å². The Morgan fingerprint density at radius 3 is 2.62 bits per heavy atom. The highest BCUT2D eigenvalue weighted by atomic mass is 19.2. The summed E-state index contributed by atoms with van der Waals surface area (Å²) in [7, 11) is 0. The first-order chi connectivity index (χ1) is 7.54. The third-order valence-electron chi connectivity index (χ3n) is 2.78.